The molecule has 2 heterocycles. The summed E-state index contributed by atoms with van der Waals surface area (Å²) in [4.78, 5) is 14.6. The van der Waals surface area contributed by atoms with Crippen molar-refractivity contribution in [1.29, 1.82) is 0 Å². The molecule has 0 bridgehead atoms. The van der Waals surface area contributed by atoms with Gasteiger partial charge in [-0.15, -0.1) is 0 Å². The maximum Gasteiger partial charge on any atom is 0.238 e. The highest BCUT2D eigenvalue weighted by atomic mass is 16.5. The van der Waals surface area contributed by atoms with Gasteiger partial charge in [-0.2, -0.15) is 0 Å². The third-order valence-corrected chi connectivity index (χ3v) is 4.88. The van der Waals surface area contributed by atoms with Crippen LogP contribution in [0.2, 0.25) is 0 Å². The Balaban J connectivity index is 1.88. The minimum Gasteiger partial charge on any atom is -0.496 e. The van der Waals surface area contributed by atoms with E-state index in [0.717, 1.165) is 42.5 Å². The minimum atomic E-state index is -0.0844. The molecule has 114 valence electrons. The Hall–Kier alpha value is -2.07. The second-order valence-electron chi connectivity index (χ2n) is 6.06. The second-order valence-corrected chi connectivity index (χ2v) is 6.06. The smallest absolute Gasteiger partial charge is 0.238 e. The average Bonchev–Trinajstić information content (AvgIpc) is 2.91. The molecule has 4 rings (SSSR count). The Morgan fingerprint density at radius 1 is 1.18 bits per heavy atom. The summed E-state index contributed by atoms with van der Waals surface area (Å²) < 4.78 is 5.60. The highest BCUT2D eigenvalue weighted by Gasteiger charge is 2.42. The number of hydrogen-bond acceptors (Lipinski definition) is 3. The Kier molecular flexibility index (Phi) is 3.26. The maximum atomic E-state index is 12.3. The van der Waals surface area contributed by atoms with Crippen molar-refractivity contribution >= 4 is 16.7 Å². The van der Waals surface area contributed by atoms with Crippen LogP contribution in [0.1, 0.15) is 31.0 Å². The molecule has 2 atom stereocenters. The Morgan fingerprint density at radius 3 is 2.91 bits per heavy atom. The molecule has 1 N–H and O–H groups in total. The van der Waals surface area contributed by atoms with Crippen LogP contribution in [-0.4, -0.2) is 30.5 Å². The highest BCUT2D eigenvalue weighted by Crippen LogP contribution is 2.39. The molecule has 2 aliphatic rings. The first-order valence-electron chi connectivity index (χ1n) is 7.91. The number of carbonyl (C=O) groups is 1. The van der Waals surface area contributed by atoms with Gasteiger partial charge in [-0.3, -0.25) is 9.69 Å². The van der Waals surface area contributed by atoms with Crippen molar-refractivity contribution in [2.45, 2.75) is 31.5 Å². The van der Waals surface area contributed by atoms with E-state index in [1.165, 1.54) is 5.39 Å². The van der Waals surface area contributed by atoms with Crippen LogP contribution in [0.15, 0.2) is 36.4 Å². The molecule has 2 saturated heterocycles. The molecule has 2 aromatic rings. The molecular formula is C18H20N2O2. The van der Waals surface area contributed by atoms with Gasteiger partial charge in [0.1, 0.15) is 11.9 Å². The lowest BCUT2D eigenvalue weighted by molar-refractivity contribution is -0.122. The number of fused-ring (bicyclic) bond motifs is 2. The third kappa shape index (κ3) is 1.98. The fourth-order valence-electron chi connectivity index (χ4n) is 3.83. The number of methoxy groups -OCH3 is 1. The van der Waals surface area contributed by atoms with Crippen molar-refractivity contribution in [3.05, 3.63) is 42.0 Å². The maximum absolute atomic E-state index is 12.3. The Bertz CT molecular complexity index is 728. The SMILES string of the molecule is COc1ccc2ccccc2c1[C@@H]1NC(=O)[C@H]2CCCCN21. The lowest BCUT2D eigenvalue weighted by Gasteiger charge is -2.32. The van der Waals surface area contributed by atoms with E-state index < -0.39 is 0 Å². The second kappa shape index (κ2) is 5.29. The lowest BCUT2D eigenvalue weighted by Crippen LogP contribution is -2.38. The van der Waals surface area contributed by atoms with Crippen LogP contribution in [0.5, 0.6) is 5.75 Å². The van der Waals surface area contributed by atoms with E-state index in [2.05, 4.69) is 28.4 Å². The van der Waals surface area contributed by atoms with Gasteiger partial charge in [0.05, 0.1) is 13.2 Å². The fourth-order valence-corrected chi connectivity index (χ4v) is 3.83. The lowest BCUT2D eigenvalue weighted by atomic mass is 9.98. The molecule has 4 heteroatoms. The van der Waals surface area contributed by atoms with E-state index >= 15 is 0 Å². The van der Waals surface area contributed by atoms with Crippen LogP contribution in [0.25, 0.3) is 10.8 Å². The van der Waals surface area contributed by atoms with Crippen molar-refractivity contribution < 1.29 is 9.53 Å². The summed E-state index contributed by atoms with van der Waals surface area (Å²) in [5.41, 5.74) is 1.08. The summed E-state index contributed by atoms with van der Waals surface area (Å²) in [6.07, 6.45) is 3.15. The first-order valence-corrected chi connectivity index (χ1v) is 7.91. The molecular weight excluding hydrogens is 276 g/mol. The highest BCUT2D eigenvalue weighted by molar-refractivity contribution is 5.91. The van der Waals surface area contributed by atoms with Crippen LogP contribution >= 0.6 is 0 Å². The molecule has 0 aliphatic carbocycles. The summed E-state index contributed by atoms with van der Waals surface area (Å²) >= 11 is 0. The summed E-state index contributed by atoms with van der Waals surface area (Å²) in [7, 11) is 1.69. The molecule has 0 aromatic heterocycles. The van der Waals surface area contributed by atoms with E-state index in [9.17, 15) is 4.79 Å². The van der Waals surface area contributed by atoms with Crippen molar-refractivity contribution in [2.75, 3.05) is 13.7 Å². The Morgan fingerprint density at radius 2 is 2.05 bits per heavy atom. The molecule has 0 radical (unpaired) electrons. The quantitative estimate of drug-likeness (QED) is 0.926. The molecule has 0 unspecified atom stereocenters. The standard InChI is InChI=1S/C18H20N2O2/c1-22-15-10-9-12-6-2-3-7-13(12)16(15)17-19-18(21)14-8-4-5-11-20(14)17/h2-3,6-7,9-10,14,17H,4-5,8,11H2,1H3,(H,19,21)/t14-,17-/m1/s1. The summed E-state index contributed by atoms with van der Waals surface area (Å²) in [6.45, 7) is 0.959. The molecule has 1 amide bonds. The van der Waals surface area contributed by atoms with Crippen molar-refractivity contribution in [1.82, 2.24) is 10.2 Å². The van der Waals surface area contributed by atoms with E-state index in [1.54, 1.807) is 7.11 Å². The van der Waals surface area contributed by atoms with Crippen LogP contribution in [0.4, 0.5) is 0 Å². The number of hydrogen-bond donors (Lipinski definition) is 1. The molecule has 0 saturated carbocycles. The number of nitrogens with one attached hydrogen (secondary N) is 1. The van der Waals surface area contributed by atoms with Gasteiger partial charge >= 0.3 is 0 Å². The molecule has 2 aliphatic heterocycles. The Labute approximate surface area is 130 Å². The molecule has 2 aromatic carbocycles. The van der Waals surface area contributed by atoms with Gasteiger partial charge in [0.2, 0.25) is 5.91 Å². The first-order chi connectivity index (χ1) is 10.8. The van der Waals surface area contributed by atoms with Crippen molar-refractivity contribution in [3.8, 4) is 5.75 Å². The minimum absolute atomic E-state index is 0.0161. The van der Waals surface area contributed by atoms with Crippen LogP contribution in [0, 0.1) is 0 Å². The van der Waals surface area contributed by atoms with Gasteiger partial charge in [0.15, 0.2) is 0 Å². The molecule has 2 fully saturated rings. The van der Waals surface area contributed by atoms with Crippen LogP contribution in [-0.2, 0) is 4.79 Å². The zero-order valence-electron chi connectivity index (χ0n) is 12.7. The van der Waals surface area contributed by atoms with Gasteiger partial charge in [0, 0.05) is 12.1 Å². The monoisotopic (exact) mass is 296 g/mol. The zero-order chi connectivity index (χ0) is 15.1. The van der Waals surface area contributed by atoms with E-state index in [-0.39, 0.29) is 18.1 Å². The number of nitrogens with zero attached hydrogens (tertiary/aromatic N) is 1. The largest absolute Gasteiger partial charge is 0.496 e. The normalized spacial score (nSPS) is 25.0. The molecule has 4 nitrogen and oxygen atoms in total. The number of rotatable bonds is 2. The predicted molar refractivity (Wildman–Crippen MR) is 85.7 cm³/mol. The summed E-state index contributed by atoms with van der Waals surface area (Å²) in [5, 5.41) is 5.51. The van der Waals surface area contributed by atoms with Gasteiger partial charge in [0.25, 0.3) is 0 Å². The third-order valence-electron chi connectivity index (χ3n) is 4.88. The topological polar surface area (TPSA) is 41.6 Å². The number of piperidine rings is 1. The number of ether oxygens (including phenoxy) is 1. The number of carbonyl (C=O) groups excluding carboxylic acids is 1. The first kappa shape index (κ1) is 13.6. The van der Waals surface area contributed by atoms with Gasteiger partial charge < -0.3 is 10.1 Å². The van der Waals surface area contributed by atoms with Crippen molar-refractivity contribution in [2.24, 2.45) is 0 Å². The van der Waals surface area contributed by atoms with E-state index in [1.807, 2.05) is 18.2 Å². The van der Waals surface area contributed by atoms with Crippen LogP contribution in [0.3, 0.4) is 0 Å². The number of amides is 1. The molecule has 22 heavy (non-hydrogen) atoms. The average molecular weight is 296 g/mol. The van der Waals surface area contributed by atoms with Crippen LogP contribution < -0.4 is 10.1 Å². The van der Waals surface area contributed by atoms with E-state index in [4.69, 9.17) is 4.74 Å². The van der Waals surface area contributed by atoms with Gasteiger partial charge in [-0.25, -0.2) is 0 Å². The van der Waals surface area contributed by atoms with Gasteiger partial charge in [-0.05, 0) is 29.7 Å². The number of benzene rings is 2. The summed E-state index contributed by atoms with van der Waals surface area (Å²) in [6, 6.07) is 12.4. The zero-order valence-corrected chi connectivity index (χ0v) is 12.7. The fraction of sp³-hybridized carbons (Fsp3) is 0.389. The summed E-state index contributed by atoms with van der Waals surface area (Å²) in [5.74, 6) is 0.995. The molecule has 0 spiro atoms. The van der Waals surface area contributed by atoms with Gasteiger partial charge in [-0.1, -0.05) is 36.8 Å². The van der Waals surface area contributed by atoms with E-state index in [0.29, 0.717) is 0 Å². The van der Waals surface area contributed by atoms with Crippen molar-refractivity contribution in [3.63, 3.8) is 0 Å². The predicted octanol–water partition coefficient (Wildman–Crippen LogP) is 2.83.